The molecule has 118 valence electrons. The molecule has 1 aliphatic rings. The molecule has 1 fully saturated rings. The first-order valence-corrected chi connectivity index (χ1v) is 8.72. The molecule has 1 aliphatic carbocycles. The predicted octanol–water partition coefficient (Wildman–Crippen LogP) is 3.10. The van der Waals surface area contributed by atoms with Gasteiger partial charge in [-0.1, -0.05) is 13.0 Å². The Labute approximate surface area is 135 Å². The number of hydrogen-bond acceptors (Lipinski definition) is 5. The van der Waals surface area contributed by atoms with E-state index >= 15 is 0 Å². The quantitative estimate of drug-likeness (QED) is 0.571. The Morgan fingerprint density at radius 3 is 2.59 bits per heavy atom. The lowest BCUT2D eigenvalue weighted by molar-refractivity contribution is -0.143. The second kappa shape index (κ2) is 8.22. The summed E-state index contributed by atoms with van der Waals surface area (Å²) in [6, 6.07) is 5.75. The zero-order valence-corrected chi connectivity index (χ0v) is 13.6. The minimum atomic E-state index is -0.973. The summed E-state index contributed by atoms with van der Waals surface area (Å²) >= 11 is 1.63. The number of Topliss-reactive ketones (excluding diaryl/α,β-unsaturated/α-hetero) is 3. The molecular formula is C17H21NO3S. The van der Waals surface area contributed by atoms with Crippen molar-refractivity contribution in [2.45, 2.75) is 44.1 Å². The lowest BCUT2D eigenvalue weighted by atomic mass is 9.76. The minimum absolute atomic E-state index is 0.0712. The van der Waals surface area contributed by atoms with Gasteiger partial charge in [-0.25, -0.2) is 4.98 Å². The first kappa shape index (κ1) is 16.9. The normalized spacial score (nSPS) is 21.9. The highest BCUT2D eigenvalue weighted by Crippen LogP contribution is 2.29. The van der Waals surface area contributed by atoms with E-state index in [0.29, 0.717) is 25.7 Å². The number of ketones is 3. The molecule has 1 heterocycles. The Hall–Kier alpha value is -1.49. The van der Waals surface area contributed by atoms with Crippen LogP contribution in [-0.4, -0.2) is 28.1 Å². The van der Waals surface area contributed by atoms with Crippen molar-refractivity contribution in [2.24, 2.45) is 11.8 Å². The Bertz CT molecular complexity index is 526. The summed E-state index contributed by atoms with van der Waals surface area (Å²) in [6.45, 7) is 1.88. The van der Waals surface area contributed by atoms with E-state index in [9.17, 15) is 14.4 Å². The molecule has 2 rings (SSSR count). The number of nitrogens with zero attached hydrogens (tertiary/aromatic N) is 1. The number of rotatable bonds is 7. The Balaban J connectivity index is 1.82. The maximum Gasteiger partial charge on any atom is 0.151 e. The van der Waals surface area contributed by atoms with E-state index in [2.05, 4.69) is 4.98 Å². The van der Waals surface area contributed by atoms with Crippen LogP contribution < -0.4 is 0 Å². The third kappa shape index (κ3) is 4.50. The van der Waals surface area contributed by atoms with Crippen molar-refractivity contribution in [3.63, 3.8) is 0 Å². The fraction of sp³-hybridized carbons (Fsp3) is 0.529. The molecule has 0 spiro atoms. The molecule has 0 aromatic carbocycles. The zero-order valence-electron chi connectivity index (χ0n) is 12.8. The van der Waals surface area contributed by atoms with Crippen LogP contribution in [-0.2, 0) is 14.4 Å². The summed E-state index contributed by atoms with van der Waals surface area (Å²) in [5.41, 5.74) is 0. The maximum absolute atomic E-state index is 12.1. The van der Waals surface area contributed by atoms with E-state index in [1.807, 2.05) is 25.1 Å². The molecule has 4 nitrogen and oxygen atoms in total. The molecule has 1 aromatic heterocycles. The van der Waals surface area contributed by atoms with Crippen molar-refractivity contribution >= 4 is 29.1 Å². The molecule has 0 saturated heterocycles. The van der Waals surface area contributed by atoms with Crippen LogP contribution in [0.15, 0.2) is 29.4 Å². The van der Waals surface area contributed by atoms with E-state index in [1.54, 1.807) is 18.0 Å². The molecule has 0 amide bonds. The largest absolute Gasteiger partial charge is 0.298 e. The van der Waals surface area contributed by atoms with Gasteiger partial charge in [0.2, 0.25) is 0 Å². The van der Waals surface area contributed by atoms with Crippen LogP contribution in [0, 0.1) is 11.8 Å². The summed E-state index contributed by atoms with van der Waals surface area (Å²) in [7, 11) is 0. The Morgan fingerprint density at radius 1 is 1.27 bits per heavy atom. The molecule has 0 bridgehead atoms. The van der Waals surface area contributed by atoms with Gasteiger partial charge in [-0.2, -0.15) is 0 Å². The van der Waals surface area contributed by atoms with Gasteiger partial charge in [0.25, 0.3) is 0 Å². The van der Waals surface area contributed by atoms with E-state index < -0.39 is 5.92 Å². The predicted molar refractivity (Wildman–Crippen MR) is 85.7 cm³/mol. The molecule has 1 saturated carbocycles. The summed E-state index contributed by atoms with van der Waals surface area (Å²) in [6.07, 6.45) is 4.26. The topological polar surface area (TPSA) is 64.1 Å². The summed E-state index contributed by atoms with van der Waals surface area (Å²) in [5.74, 6) is -0.624. The van der Waals surface area contributed by atoms with Crippen LogP contribution in [0.4, 0.5) is 0 Å². The SMILES string of the molecule is CCCC(=O)C1C(=O)CC(CCSc2ccccn2)CC1=O. The second-order valence-corrected chi connectivity index (χ2v) is 6.78. The van der Waals surface area contributed by atoms with Crippen LogP contribution in [0.25, 0.3) is 0 Å². The van der Waals surface area contributed by atoms with Crippen molar-refractivity contribution in [1.29, 1.82) is 0 Å². The van der Waals surface area contributed by atoms with Gasteiger partial charge in [0.1, 0.15) is 5.92 Å². The van der Waals surface area contributed by atoms with Crippen molar-refractivity contribution in [3.05, 3.63) is 24.4 Å². The van der Waals surface area contributed by atoms with Gasteiger partial charge in [0, 0.05) is 25.5 Å². The van der Waals surface area contributed by atoms with Gasteiger partial charge in [0.15, 0.2) is 17.3 Å². The van der Waals surface area contributed by atoms with Gasteiger partial charge < -0.3 is 0 Å². The lowest BCUT2D eigenvalue weighted by Crippen LogP contribution is -2.38. The van der Waals surface area contributed by atoms with Gasteiger partial charge >= 0.3 is 0 Å². The first-order valence-electron chi connectivity index (χ1n) is 7.73. The molecular weight excluding hydrogens is 298 g/mol. The highest BCUT2D eigenvalue weighted by molar-refractivity contribution is 7.99. The fourth-order valence-electron chi connectivity index (χ4n) is 2.77. The lowest BCUT2D eigenvalue weighted by Gasteiger charge is -2.25. The van der Waals surface area contributed by atoms with Crippen molar-refractivity contribution < 1.29 is 14.4 Å². The average Bonchev–Trinajstić information content (AvgIpc) is 2.48. The molecule has 5 heteroatoms. The van der Waals surface area contributed by atoms with Crippen molar-refractivity contribution in [1.82, 2.24) is 4.98 Å². The molecule has 1 aromatic rings. The number of aromatic nitrogens is 1. The van der Waals surface area contributed by atoms with Crippen molar-refractivity contribution in [2.75, 3.05) is 5.75 Å². The minimum Gasteiger partial charge on any atom is -0.298 e. The standard InChI is InChI=1S/C17H21NO3S/c1-2-5-13(19)17-14(20)10-12(11-15(17)21)7-9-22-16-6-3-4-8-18-16/h3-4,6,8,12,17H,2,5,7,9-11H2,1H3. The van der Waals surface area contributed by atoms with E-state index in [1.165, 1.54) is 0 Å². The number of hydrogen-bond donors (Lipinski definition) is 0. The summed E-state index contributed by atoms with van der Waals surface area (Å²) in [4.78, 5) is 40.3. The monoisotopic (exact) mass is 319 g/mol. The van der Waals surface area contributed by atoms with Gasteiger partial charge in [-0.05, 0) is 36.6 Å². The smallest absolute Gasteiger partial charge is 0.151 e. The molecule has 0 unspecified atom stereocenters. The van der Waals surface area contributed by atoms with Crippen LogP contribution in [0.2, 0.25) is 0 Å². The average molecular weight is 319 g/mol. The first-order chi connectivity index (χ1) is 10.6. The number of carbonyl (C=O) groups excluding carboxylic acids is 3. The molecule has 22 heavy (non-hydrogen) atoms. The number of carbonyl (C=O) groups is 3. The maximum atomic E-state index is 12.1. The highest BCUT2D eigenvalue weighted by Gasteiger charge is 2.38. The van der Waals surface area contributed by atoms with Gasteiger partial charge in [0.05, 0.1) is 5.03 Å². The Morgan fingerprint density at radius 2 is 2.00 bits per heavy atom. The molecule has 0 aliphatic heterocycles. The summed E-state index contributed by atoms with van der Waals surface area (Å²) < 4.78 is 0. The van der Waals surface area contributed by atoms with E-state index in [4.69, 9.17) is 0 Å². The second-order valence-electron chi connectivity index (χ2n) is 5.66. The third-order valence-corrected chi connectivity index (χ3v) is 4.83. The van der Waals surface area contributed by atoms with Crippen molar-refractivity contribution in [3.8, 4) is 0 Å². The summed E-state index contributed by atoms with van der Waals surface area (Å²) in [5, 5.41) is 0.951. The fourth-order valence-corrected chi connectivity index (χ4v) is 3.74. The van der Waals surface area contributed by atoms with Gasteiger partial charge in [-0.3, -0.25) is 14.4 Å². The van der Waals surface area contributed by atoms with Crippen LogP contribution in [0.5, 0.6) is 0 Å². The van der Waals surface area contributed by atoms with Crippen LogP contribution >= 0.6 is 11.8 Å². The zero-order chi connectivity index (χ0) is 15.9. The Kier molecular flexibility index (Phi) is 6.31. The van der Waals surface area contributed by atoms with Crippen LogP contribution in [0.3, 0.4) is 0 Å². The highest BCUT2D eigenvalue weighted by atomic mass is 32.2. The third-order valence-electron chi connectivity index (χ3n) is 3.86. The van der Waals surface area contributed by atoms with Crippen LogP contribution in [0.1, 0.15) is 39.0 Å². The molecule has 0 N–H and O–H groups in total. The number of thioether (sulfide) groups is 1. The van der Waals surface area contributed by atoms with E-state index in [0.717, 1.165) is 17.2 Å². The van der Waals surface area contributed by atoms with Gasteiger partial charge in [-0.15, -0.1) is 11.8 Å². The molecule has 0 radical (unpaired) electrons. The van der Waals surface area contributed by atoms with E-state index in [-0.39, 0.29) is 23.3 Å². The molecule has 0 atom stereocenters. The number of pyridine rings is 1.